The number of hydrogen-bond acceptors (Lipinski definition) is 4. The van der Waals surface area contributed by atoms with Crippen LogP contribution in [0.1, 0.15) is 20.8 Å². The summed E-state index contributed by atoms with van der Waals surface area (Å²) in [4.78, 5) is 12.6. The maximum atomic E-state index is 11.4. The molecule has 0 atom stereocenters. The molecule has 1 heterocycles. The fourth-order valence-electron chi connectivity index (χ4n) is 1.95. The molecule has 3 N–H and O–H groups in total. The molecule has 0 saturated carbocycles. The predicted octanol–water partition coefficient (Wildman–Crippen LogP) is 3.35. The molecule has 0 radical (unpaired) electrons. The molecule has 102 valence electrons. The van der Waals surface area contributed by atoms with Gasteiger partial charge in [0.15, 0.2) is 11.4 Å². The Bertz CT molecular complexity index is 645. The maximum Gasteiger partial charge on any atom is 0.412 e. The lowest BCUT2D eigenvalue weighted by atomic mass is 10.1. The first-order valence-corrected chi connectivity index (χ1v) is 5.97. The standard InChI is InChI=1S/C12H14ClN3O3/c1-12(2,3)16(11(17)18)6-4-7(13)9-8(5-6)19-15-10(9)14/h4-5H,1-3H3,(H2,14,15)(H,17,18). The minimum absolute atomic E-state index is 0.184. The van der Waals surface area contributed by atoms with Gasteiger partial charge in [-0.25, -0.2) is 4.79 Å². The molecule has 19 heavy (non-hydrogen) atoms. The highest BCUT2D eigenvalue weighted by Crippen LogP contribution is 2.35. The Morgan fingerprint density at radius 1 is 1.47 bits per heavy atom. The van der Waals surface area contributed by atoms with E-state index in [1.165, 1.54) is 11.0 Å². The zero-order valence-electron chi connectivity index (χ0n) is 10.8. The number of nitrogens with two attached hydrogens (primary N) is 1. The van der Waals surface area contributed by atoms with Gasteiger partial charge in [-0.2, -0.15) is 0 Å². The normalized spacial score (nSPS) is 11.8. The van der Waals surface area contributed by atoms with Crippen molar-refractivity contribution in [3.05, 3.63) is 17.2 Å². The Labute approximate surface area is 114 Å². The first kappa shape index (κ1) is 13.5. The van der Waals surface area contributed by atoms with E-state index in [2.05, 4.69) is 5.16 Å². The molecule has 6 nitrogen and oxygen atoms in total. The zero-order chi connectivity index (χ0) is 14.4. The molecule has 0 aliphatic rings. The van der Waals surface area contributed by atoms with Gasteiger partial charge in [0.25, 0.3) is 0 Å². The van der Waals surface area contributed by atoms with Crippen molar-refractivity contribution < 1.29 is 14.4 Å². The van der Waals surface area contributed by atoms with E-state index in [-0.39, 0.29) is 5.82 Å². The van der Waals surface area contributed by atoms with Crippen LogP contribution in [0.15, 0.2) is 16.7 Å². The van der Waals surface area contributed by atoms with Crippen molar-refractivity contribution >= 4 is 40.2 Å². The van der Waals surface area contributed by atoms with E-state index in [0.29, 0.717) is 21.7 Å². The number of hydrogen-bond donors (Lipinski definition) is 2. The third-order valence-corrected chi connectivity index (χ3v) is 2.96. The van der Waals surface area contributed by atoms with E-state index in [1.54, 1.807) is 26.8 Å². The molecule has 0 spiro atoms. The summed E-state index contributed by atoms with van der Waals surface area (Å²) >= 11 is 6.11. The molecule has 1 amide bonds. The van der Waals surface area contributed by atoms with Gasteiger partial charge < -0.3 is 15.4 Å². The second-order valence-corrected chi connectivity index (χ2v) is 5.56. The summed E-state index contributed by atoms with van der Waals surface area (Å²) in [5, 5.41) is 13.8. The van der Waals surface area contributed by atoms with Crippen molar-refractivity contribution in [1.29, 1.82) is 0 Å². The molecule has 0 bridgehead atoms. The number of carbonyl (C=O) groups is 1. The monoisotopic (exact) mass is 283 g/mol. The number of fused-ring (bicyclic) bond motifs is 1. The average Bonchev–Trinajstić information content (AvgIpc) is 2.57. The number of aromatic nitrogens is 1. The van der Waals surface area contributed by atoms with Crippen molar-refractivity contribution in [2.75, 3.05) is 10.6 Å². The third-order valence-electron chi connectivity index (χ3n) is 2.66. The number of rotatable bonds is 1. The number of amides is 1. The highest BCUT2D eigenvalue weighted by molar-refractivity contribution is 6.36. The minimum atomic E-state index is -1.07. The zero-order valence-corrected chi connectivity index (χ0v) is 11.5. The number of anilines is 2. The Morgan fingerprint density at radius 3 is 2.63 bits per heavy atom. The van der Waals surface area contributed by atoms with E-state index in [4.69, 9.17) is 21.9 Å². The fraction of sp³-hybridized carbons (Fsp3) is 0.333. The van der Waals surface area contributed by atoms with Crippen LogP contribution in [0.2, 0.25) is 5.02 Å². The Balaban J connectivity index is 2.65. The molecule has 2 aromatic rings. The number of carboxylic acid groups (broad SMARTS) is 1. The van der Waals surface area contributed by atoms with E-state index in [0.717, 1.165) is 0 Å². The minimum Gasteiger partial charge on any atom is -0.465 e. The van der Waals surface area contributed by atoms with Crippen LogP contribution in [0, 0.1) is 0 Å². The number of benzene rings is 1. The van der Waals surface area contributed by atoms with Gasteiger partial charge in [-0.3, -0.25) is 4.90 Å². The van der Waals surface area contributed by atoms with E-state index in [1.807, 2.05) is 0 Å². The van der Waals surface area contributed by atoms with Crippen LogP contribution in [0.5, 0.6) is 0 Å². The van der Waals surface area contributed by atoms with E-state index >= 15 is 0 Å². The van der Waals surface area contributed by atoms with Crippen LogP contribution >= 0.6 is 11.6 Å². The van der Waals surface area contributed by atoms with Gasteiger partial charge in [0.1, 0.15) is 0 Å². The van der Waals surface area contributed by atoms with Crippen LogP contribution < -0.4 is 10.6 Å². The number of halogens is 1. The topological polar surface area (TPSA) is 92.6 Å². The molecule has 2 rings (SSSR count). The van der Waals surface area contributed by atoms with Gasteiger partial charge in [-0.15, -0.1) is 0 Å². The molecule has 0 fully saturated rings. The molecule has 0 unspecified atom stereocenters. The Kier molecular flexibility index (Phi) is 3.06. The van der Waals surface area contributed by atoms with Gasteiger partial charge in [0.2, 0.25) is 0 Å². The van der Waals surface area contributed by atoms with Crippen molar-refractivity contribution in [3.8, 4) is 0 Å². The lowest BCUT2D eigenvalue weighted by molar-refractivity contribution is 0.195. The summed E-state index contributed by atoms with van der Waals surface area (Å²) in [5.41, 5.74) is 5.78. The first-order chi connectivity index (χ1) is 8.71. The molecular weight excluding hydrogens is 270 g/mol. The van der Waals surface area contributed by atoms with Crippen molar-refractivity contribution in [2.24, 2.45) is 0 Å². The van der Waals surface area contributed by atoms with Gasteiger partial charge in [-0.05, 0) is 26.8 Å². The highest BCUT2D eigenvalue weighted by atomic mass is 35.5. The van der Waals surface area contributed by atoms with Crippen LogP contribution in [0.25, 0.3) is 11.0 Å². The van der Waals surface area contributed by atoms with Crippen molar-refractivity contribution in [3.63, 3.8) is 0 Å². The van der Waals surface area contributed by atoms with Crippen LogP contribution in [-0.2, 0) is 0 Å². The quantitative estimate of drug-likeness (QED) is 0.837. The third kappa shape index (κ3) is 2.31. The van der Waals surface area contributed by atoms with Crippen LogP contribution in [0.4, 0.5) is 16.3 Å². The second kappa shape index (κ2) is 4.31. The molecule has 0 saturated heterocycles. The molecule has 0 aliphatic carbocycles. The highest BCUT2D eigenvalue weighted by Gasteiger charge is 2.29. The van der Waals surface area contributed by atoms with Crippen LogP contribution in [-0.4, -0.2) is 21.9 Å². The van der Waals surface area contributed by atoms with E-state index in [9.17, 15) is 9.90 Å². The smallest absolute Gasteiger partial charge is 0.412 e. The summed E-state index contributed by atoms with van der Waals surface area (Å²) in [6.07, 6.45) is -1.07. The number of nitrogens with zero attached hydrogens (tertiary/aromatic N) is 2. The molecule has 7 heteroatoms. The molecule has 0 aliphatic heterocycles. The molecular formula is C12H14ClN3O3. The van der Waals surface area contributed by atoms with Crippen molar-refractivity contribution in [1.82, 2.24) is 5.16 Å². The maximum absolute atomic E-state index is 11.4. The van der Waals surface area contributed by atoms with Gasteiger partial charge in [0, 0.05) is 11.6 Å². The Hall–Kier alpha value is -1.95. The average molecular weight is 284 g/mol. The summed E-state index contributed by atoms with van der Waals surface area (Å²) in [6, 6.07) is 3.10. The summed E-state index contributed by atoms with van der Waals surface area (Å²) in [6.45, 7) is 5.36. The second-order valence-electron chi connectivity index (χ2n) is 5.16. The summed E-state index contributed by atoms with van der Waals surface area (Å²) < 4.78 is 5.03. The lowest BCUT2D eigenvalue weighted by Crippen LogP contribution is -2.45. The van der Waals surface area contributed by atoms with Gasteiger partial charge in [-0.1, -0.05) is 16.8 Å². The predicted molar refractivity (Wildman–Crippen MR) is 73.7 cm³/mol. The van der Waals surface area contributed by atoms with Gasteiger partial charge >= 0.3 is 6.09 Å². The van der Waals surface area contributed by atoms with Crippen molar-refractivity contribution in [2.45, 2.75) is 26.3 Å². The molecule has 1 aromatic carbocycles. The summed E-state index contributed by atoms with van der Waals surface area (Å²) in [7, 11) is 0. The SMILES string of the molecule is CC(C)(C)N(C(=O)O)c1cc(Cl)c2c(N)noc2c1. The largest absolute Gasteiger partial charge is 0.465 e. The van der Waals surface area contributed by atoms with Crippen LogP contribution in [0.3, 0.4) is 0 Å². The van der Waals surface area contributed by atoms with E-state index < -0.39 is 11.6 Å². The summed E-state index contributed by atoms with van der Waals surface area (Å²) in [5.74, 6) is 0.184. The fourth-order valence-corrected chi connectivity index (χ4v) is 2.25. The Morgan fingerprint density at radius 2 is 2.11 bits per heavy atom. The lowest BCUT2D eigenvalue weighted by Gasteiger charge is -2.33. The number of nitrogen functional groups attached to an aromatic ring is 1. The molecule has 1 aromatic heterocycles. The first-order valence-electron chi connectivity index (χ1n) is 5.59. The van der Waals surface area contributed by atoms with Gasteiger partial charge in [0.05, 0.1) is 16.1 Å².